The highest BCUT2D eigenvalue weighted by Gasteiger charge is 2.24. The molecular weight excluding hydrogens is 354 g/mol. The third kappa shape index (κ3) is 3.83. The van der Waals surface area contributed by atoms with E-state index < -0.39 is 24.1 Å². The fraction of sp³-hybridized carbons (Fsp3) is 0.278. The van der Waals surface area contributed by atoms with E-state index in [-0.39, 0.29) is 18.0 Å². The van der Waals surface area contributed by atoms with E-state index in [9.17, 15) is 13.2 Å². The first-order valence-electron chi connectivity index (χ1n) is 8.06. The molecule has 1 aliphatic rings. The van der Waals surface area contributed by atoms with Crippen molar-refractivity contribution >= 4 is 29.3 Å². The van der Waals surface area contributed by atoms with E-state index in [1.54, 1.807) is 6.07 Å². The lowest BCUT2D eigenvalue weighted by atomic mass is 10.1. The second-order valence-electron chi connectivity index (χ2n) is 7.17. The van der Waals surface area contributed by atoms with Crippen molar-refractivity contribution in [3.05, 3.63) is 59.2 Å². The van der Waals surface area contributed by atoms with Crippen LogP contribution >= 0.6 is 0 Å². The van der Waals surface area contributed by atoms with Crippen molar-refractivity contribution in [2.75, 3.05) is 0 Å². The van der Waals surface area contributed by atoms with Crippen molar-refractivity contribution in [3.8, 4) is 0 Å². The smallest absolute Gasteiger partial charge is 0.338 e. The number of carbonyl (C=O) groups is 1. The Balaban J connectivity index is 1.74. The molecule has 25 heavy (non-hydrogen) atoms. The normalized spacial score (nSPS) is 14.3. The van der Waals surface area contributed by atoms with Crippen LogP contribution in [0.1, 0.15) is 21.5 Å². The summed E-state index contributed by atoms with van der Waals surface area (Å²) in [7, 11) is -5.06. The first kappa shape index (κ1) is 17.8. The maximum Gasteiger partial charge on any atom is 0.338 e. The van der Waals surface area contributed by atoms with Crippen molar-refractivity contribution in [1.82, 2.24) is 4.72 Å². The molecule has 2 aromatic rings. The van der Waals surface area contributed by atoms with Crippen molar-refractivity contribution < 1.29 is 17.9 Å². The molecule has 0 unspecified atom stereocenters. The molecule has 0 radical (unpaired) electrons. The number of cyclic esters (lactones) is 1. The number of ether oxygens (including phenoxy) is 1. The van der Waals surface area contributed by atoms with Gasteiger partial charge in [0.2, 0.25) is 10.0 Å². The second-order valence-corrected chi connectivity index (χ2v) is 14.0. The van der Waals surface area contributed by atoms with Crippen molar-refractivity contribution in [3.63, 3.8) is 0 Å². The topological polar surface area (TPSA) is 72.5 Å². The highest BCUT2D eigenvalue weighted by molar-refractivity contribution is 7.89. The Hall–Kier alpha value is -1.96. The summed E-state index contributed by atoms with van der Waals surface area (Å²) < 4.78 is 32.5. The molecule has 0 fully saturated rings. The van der Waals surface area contributed by atoms with Crippen LogP contribution in [0.5, 0.6) is 0 Å². The first-order valence-corrected chi connectivity index (χ1v) is 13.0. The van der Waals surface area contributed by atoms with Crippen LogP contribution in [0.4, 0.5) is 0 Å². The summed E-state index contributed by atoms with van der Waals surface area (Å²) in [6.45, 7) is 7.21. The van der Waals surface area contributed by atoms with Crippen LogP contribution in [0.25, 0.3) is 0 Å². The lowest BCUT2D eigenvalue weighted by Gasteiger charge is -2.16. The van der Waals surface area contributed by atoms with E-state index in [4.69, 9.17) is 4.74 Å². The standard InChI is InChI=1S/C18H21NO4SSi/c1-25(2,3)16-8-4-13(5-9-16)11-19-24(21,22)15-7-6-14-12-23-18(20)17(14)10-15/h4-10,19H,11-12H2,1-3H3. The molecule has 5 nitrogen and oxygen atoms in total. The van der Waals surface area contributed by atoms with Crippen molar-refractivity contribution in [1.29, 1.82) is 0 Å². The highest BCUT2D eigenvalue weighted by Crippen LogP contribution is 2.23. The van der Waals surface area contributed by atoms with Crippen LogP contribution < -0.4 is 9.91 Å². The van der Waals surface area contributed by atoms with Gasteiger partial charge in [-0.05, 0) is 17.7 Å². The second kappa shape index (κ2) is 6.40. The number of rotatable bonds is 5. The molecule has 1 aliphatic heterocycles. The largest absolute Gasteiger partial charge is 0.457 e. The van der Waals surface area contributed by atoms with E-state index >= 15 is 0 Å². The Bertz CT molecular complexity index is 915. The van der Waals surface area contributed by atoms with Gasteiger partial charge in [0.1, 0.15) is 6.61 Å². The molecule has 1 heterocycles. The van der Waals surface area contributed by atoms with Crippen LogP contribution in [0.3, 0.4) is 0 Å². The molecule has 1 N–H and O–H groups in total. The Morgan fingerprint density at radius 2 is 1.76 bits per heavy atom. The minimum atomic E-state index is -3.69. The SMILES string of the molecule is C[Si](C)(C)c1ccc(CNS(=O)(=O)c2ccc3c(c2)C(=O)OC3)cc1. The molecule has 3 rings (SSSR count). The minimum Gasteiger partial charge on any atom is -0.457 e. The maximum atomic E-state index is 12.5. The zero-order valence-electron chi connectivity index (χ0n) is 14.5. The van der Waals surface area contributed by atoms with Gasteiger partial charge in [-0.25, -0.2) is 17.9 Å². The Morgan fingerprint density at radius 1 is 1.08 bits per heavy atom. The van der Waals surface area contributed by atoms with Crippen molar-refractivity contribution in [2.45, 2.75) is 37.7 Å². The minimum absolute atomic E-state index is 0.0730. The summed E-state index contributed by atoms with van der Waals surface area (Å²) in [6.07, 6.45) is 0. The summed E-state index contributed by atoms with van der Waals surface area (Å²) in [5.41, 5.74) is 1.93. The number of sulfonamides is 1. The number of fused-ring (bicyclic) bond motifs is 1. The summed E-state index contributed by atoms with van der Waals surface area (Å²) in [5.74, 6) is -0.478. The molecule has 0 atom stereocenters. The zero-order chi connectivity index (χ0) is 18.2. The maximum absolute atomic E-state index is 12.5. The summed E-state index contributed by atoms with van der Waals surface area (Å²) >= 11 is 0. The third-order valence-corrected chi connectivity index (χ3v) is 7.72. The van der Waals surface area contributed by atoms with Gasteiger partial charge in [-0.15, -0.1) is 0 Å². The molecule has 0 amide bonds. The summed E-state index contributed by atoms with van der Waals surface area (Å²) in [4.78, 5) is 11.7. The Labute approximate surface area is 149 Å². The van der Waals surface area contributed by atoms with E-state index in [1.807, 2.05) is 12.1 Å². The number of nitrogens with one attached hydrogen (secondary N) is 1. The van der Waals surface area contributed by atoms with Gasteiger partial charge in [-0.3, -0.25) is 0 Å². The molecule has 0 saturated heterocycles. The van der Waals surface area contributed by atoms with Gasteiger partial charge in [0.15, 0.2) is 0 Å². The Kier molecular flexibility index (Phi) is 4.57. The van der Waals surface area contributed by atoms with Gasteiger partial charge in [-0.2, -0.15) is 0 Å². The van der Waals surface area contributed by atoms with Gasteiger partial charge in [-0.1, -0.05) is 55.2 Å². The average Bonchev–Trinajstić information content (AvgIpc) is 2.93. The molecule has 0 bridgehead atoms. The fourth-order valence-electron chi connectivity index (χ4n) is 2.64. The monoisotopic (exact) mass is 375 g/mol. The number of benzene rings is 2. The van der Waals surface area contributed by atoms with Crippen LogP contribution in [-0.2, 0) is 27.9 Å². The lowest BCUT2D eigenvalue weighted by molar-refractivity contribution is 0.0535. The molecule has 7 heteroatoms. The number of carbonyl (C=O) groups excluding carboxylic acids is 1. The predicted octanol–water partition coefficient (Wildman–Crippen LogP) is 2.38. The summed E-state index contributed by atoms with van der Waals surface area (Å²) in [5, 5.41) is 1.33. The number of hydrogen-bond donors (Lipinski definition) is 1. The van der Waals surface area contributed by atoms with E-state index in [2.05, 4.69) is 36.5 Å². The first-order chi connectivity index (χ1) is 11.7. The van der Waals surface area contributed by atoms with Crippen LogP contribution in [0.15, 0.2) is 47.4 Å². The van der Waals surface area contributed by atoms with E-state index in [1.165, 1.54) is 17.3 Å². The van der Waals surface area contributed by atoms with Gasteiger partial charge in [0, 0.05) is 12.1 Å². The number of hydrogen-bond acceptors (Lipinski definition) is 4. The molecule has 0 aliphatic carbocycles. The predicted molar refractivity (Wildman–Crippen MR) is 99.0 cm³/mol. The molecular formula is C18H21NO4SSi. The molecule has 0 aromatic heterocycles. The lowest BCUT2D eigenvalue weighted by Crippen LogP contribution is -2.37. The van der Waals surface area contributed by atoms with Crippen LogP contribution in [-0.4, -0.2) is 22.5 Å². The number of esters is 1. The van der Waals surface area contributed by atoms with Gasteiger partial charge in [0.05, 0.1) is 18.5 Å². The molecule has 132 valence electrons. The molecule has 0 saturated carbocycles. The third-order valence-electron chi connectivity index (χ3n) is 4.26. The quantitative estimate of drug-likeness (QED) is 0.643. The summed E-state index contributed by atoms with van der Waals surface area (Å²) in [6, 6.07) is 12.5. The highest BCUT2D eigenvalue weighted by atomic mass is 32.2. The average molecular weight is 376 g/mol. The Morgan fingerprint density at radius 3 is 2.40 bits per heavy atom. The van der Waals surface area contributed by atoms with Crippen LogP contribution in [0, 0.1) is 0 Å². The van der Waals surface area contributed by atoms with Crippen LogP contribution in [0.2, 0.25) is 19.6 Å². The van der Waals surface area contributed by atoms with Gasteiger partial charge in [0.25, 0.3) is 0 Å². The van der Waals surface area contributed by atoms with E-state index in [0.717, 1.165) is 5.56 Å². The molecule has 2 aromatic carbocycles. The van der Waals surface area contributed by atoms with Gasteiger partial charge < -0.3 is 4.74 Å². The van der Waals surface area contributed by atoms with Crippen molar-refractivity contribution in [2.24, 2.45) is 0 Å². The fourth-order valence-corrected chi connectivity index (χ4v) is 4.85. The van der Waals surface area contributed by atoms with E-state index in [0.29, 0.717) is 11.1 Å². The zero-order valence-corrected chi connectivity index (χ0v) is 16.3. The van der Waals surface area contributed by atoms with Gasteiger partial charge >= 0.3 is 5.97 Å². The molecule has 0 spiro atoms.